The van der Waals surface area contributed by atoms with E-state index in [0.29, 0.717) is 12.5 Å². The lowest BCUT2D eigenvalue weighted by Crippen LogP contribution is -2.49. The molecule has 3 N–H and O–H groups in total. The minimum absolute atomic E-state index is 0.0392. The Balaban J connectivity index is 1.81. The lowest BCUT2D eigenvalue weighted by Gasteiger charge is -2.31. The fraction of sp³-hybridized carbons (Fsp3) is 0.824. The van der Waals surface area contributed by atoms with Crippen LogP contribution in [-0.4, -0.2) is 56.6 Å². The molecule has 1 aliphatic heterocycles. The minimum Gasteiger partial charge on any atom is -0.394 e. The van der Waals surface area contributed by atoms with Gasteiger partial charge in [-0.25, -0.2) is 13.1 Å². The van der Waals surface area contributed by atoms with Gasteiger partial charge in [-0.3, -0.25) is 4.79 Å². The van der Waals surface area contributed by atoms with Crippen LogP contribution in [-0.2, 0) is 19.6 Å². The van der Waals surface area contributed by atoms with Gasteiger partial charge in [0.15, 0.2) is 0 Å². The Labute approximate surface area is 150 Å². The molecule has 1 saturated carbocycles. The second-order valence-electron chi connectivity index (χ2n) is 6.84. The molecule has 0 spiro atoms. The third kappa shape index (κ3) is 6.69. The summed E-state index contributed by atoms with van der Waals surface area (Å²) in [5, 5.41) is 12.4. The van der Waals surface area contributed by atoms with E-state index in [1.54, 1.807) is 19.1 Å². The van der Waals surface area contributed by atoms with Crippen molar-refractivity contribution in [3.8, 4) is 0 Å². The van der Waals surface area contributed by atoms with E-state index in [4.69, 9.17) is 4.74 Å². The average Bonchev–Trinajstić information content (AvgIpc) is 2.62. The number of carbonyl (C=O) groups excluding carboxylic acids is 1. The molecule has 3 atom stereocenters. The Kier molecular flexibility index (Phi) is 7.86. The number of ether oxygens (including phenoxy) is 1. The molecule has 8 heteroatoms. The fourth-order valence-corrected chi connectivity index (χ4v) is 4.12. The maximum Gasteiger partial charge on any atom is 0.222 e. The number of amides is 1. The number of carbonyl (C=O) groups is 1. The first-order valence-electron chi connectivity index (χ1n) is 9.15. The lowest BCUT2D eigenvalue weighted by atomic mass is 9.89. The summed E-state index contributed by atoms with van der Waals surface area (Å²) in [5.41, 5.74) is 0. The van der Waals surface area contributed by atoms with Crippen LogP contribution in [0.2, 0.25) is 0 Å². The quantitative estimate of drug-likeness (QED) is 0.543. The molecule has 1 amide bonds. The third-order valence-electron chi connectivity index (χ3n) is 4.86. The summed E-state index contributed by atoms with van der Waals surface area (Å²) >= 11 is 0. The van der Waals surface area contributed by atoms with Crippen molar-refractivity contribution in [3.63, 3.8) is 0 Å². The highest BCUT2D eigenvalue weighted by atomic mass is 32.2. The SMILES string of the molecule is CCS(=O)(=O)N[C@@H]1C=C[C@@H](CC(=O)NCC2CCCCC2)O[C@@H]1CO. The summed E-state index contributed by atoms with van der Waals surface area (Å²) in [7, 11) is -3.40. The molecule has 2 rings (SSSR count). The van der Waals surface area contributed by atoms with Crippen LogP contribution in [0.4, 0.5) is 0 Å². The second kappa shape index (κ2) is 9.66. The normalized spacial score (nSPS) is 28.0. The molecule has 0 bridgehead atoms. The number of aliphatic hydroxyl groups excluding tert-OH is 1. The molecular formula is C17H30N2O5S. The van der Waals surface area contributed by atoms with Gasteiger partial charge in [-0.05, 0) is 25.7 Å². The molecule has 0 aromatic rings. The van der Waals surface area contributed by atoms with Crippen LogP contribution >= 0.6 is 0 Å². The zero-order chi connectivity index (χ0) is 18.3. The molecular weight excluding hydrogens is 344 g/mol. The second-order valence-corrected chi connectivity index (χ2v) is 8.88. The van der Waals surface area contributed by atoms with Gasteiger partial charge in [-0.2, -0.15) is 0 Å². The smallest absolute Gasteiger partial charge is 0.222 e. The highest BCUT2D eigenvalue weighted by molar-refractivity contribution is 7.89. The van der Waals surface area contributed by atoms with E-state index in [9.17, 15) is 18.3 Å². The van der Waals surface area contributed by atoms with Crippen molar-refractivity contribution >= 4 is 15.9 Å². The molecule has 144 valence electrons. The number of hydrogen-bond acceptors (Lipinski definition) is 5. The fourth-order valence-electron chi connectivity index (χ4n) is 3.31. The zero-order valence-electron chi connectivity index (χ0n) is 14.8. The predicted molar refractivity (Wildman–Crippen MR) is 95.5 cm³/mol. The molecule has 0 radical (unpaired) electrons. The van der Waals surface area contributed by atoms with Crippen LogP contribution in [0.3, 0.4) is 0 Å². The highest BCUT2D eigenvalue weighted by Crippen LogP contribution is 2.23. The number of sulfonamides is 1. The van der Waals surface area contributed by atoms with E-state index in [1.165, 1.54) is 32.1 Å². The van der Waals surface area contributed by atoms with Gasteiger partial charge in [0.25, 0.3) is 0 Å². The van der Waals surface area contributed by atoms with Gasteiger partial charge < -0.3 is 15.2 Å². The minimum atomic E-state index is -3.40. The van der Waals surface area contributed by atoms with E-state index in [-0.39, 0.29) is 24.7 Å². The Morgan fingerprint density at radius 3 is 2.60 bits per heavy atom. The first-order chi connectivity index (χ1) is 11.9. The number of hydrogen-bond donors (Lipinski definition) is 3. The summed E-state index contributed by atoms with van der Waals surface area (Å²) < 4.78 is 31.5. The standard InChI is InChI=1S/C17H30N2O5S/c1-2-25(22,23)19-15-9-8-14(24-16(15)12-20)10-17(21)18-11-13-6-4-3-5-7-13/h8-9,13-16,19-20H,2-7,10-12H2,1H3,(H,18,21)/t14-,15+,16+/m0/s1. The maximum absolute atomic E-state index is 12.1. The molecule has 1 fully saturated rings. The Morgan fingerprint density at radius 2 is 1.96 bits per heavy atom. The maximum atomic E-state index is 12.1. The first kappa shape index (κ1) is 20.4. The Bertz CT molecular complexity index is 557. The topological polar surface area (TPSA) is 105 Å². The summed E-state index contributed by atoms with van der Waals surface area (Å²) in [5.74, 6) is 0.450. The van der Waals surface area contributed by atoms with Crippen molar-refractivity contribution in [2.45, 2.75) is 63.7 Å². The van der Waals surface area contributed by atoms with E-state index >= 15 is 0 Å². The van der Waals surface area contributed by atoms with Crippen molar-refractivity contribution in [1.82, 2.24) is 10.0 Å². The molecule has 0 unspecified atom stereocenters. The molecule has 1 aliphatic carbocycles. The van der Waals surface area contributed by atoms with Crippen molar-refractivity contribution in [3.05, 3.63) is 12.2 Å². The summed E-state index contributed by atoms with van der Waals surface area (Å²) in [6.07, 6.45) is 8.49. The third-order valence-corrected chi connectivity index (χ3v) is 6.25. The molecule has 2 aliphatic rings. The van der Waals surface area contributed by atoms with Crippen LogP contribution in [0.1, 0.15) is 45.4 Å². The average molecular weight is 375 g/mol. The van der Waals surface area contributed by atoms with Gasteiger partial charge in [0.2, 0.25) is 15.9 Å². The first-order valence-corrected chi connectivity index (χ1v) is 10.8. The number of aliphatic hydroxyl groups is 1. The van der Waals surface area contributed by atoms with Crippen molar-refractivity contribution in [2.75, 3.05) is 18.9 Å². The Hall–Kier alpha value is -0.960. The Morgan fingerprint density at radius 1 is 1.24 bits per heavy atom. The van der Waals surface area contributed by atoms with E-state index in [1.807, 2.05) is 0 Å². The highest BCUT2D eigenvalue weighted by Gasteiger charge is 2.30. The predicted octanol–water partition coefficient (Wildman–Crippen LogP) is 0.697. The van der Waals surface area contributed by atoms with Crippen molar-refractivity contribution in [2.24, 2.45) is 5.92 Å². The van der Waals surface area contributed by atoms with Gasteiger partial charge in [-0.15, -0.1) is 0 Å². The van der Waals surface area contributed by atoms with E-state index < -0.39 is 28.3 Å². The summed E-state index contributed by atoms with van der Waals surface area (Å²) in [6.45, 7) is 1.93. The van der Waals surface area contributed by atoms with Crippen LogP contribution in [0.25, 0.3) is 0 Å². The molecule has 0 saturated heterocycles. The van der Waals surface area contributed by atoms with Gasteiger partial charge >= 0.3 is 0 Å². The van der Waals surface area contributed by atoms with E-state index in [2.05, 4.69) is 10.0 Å². The van der Waals surface area contributed by atoms with E-state index in [0.717, 1.165) is 0 Å². The van der Waals surface area contributed by atoms with Crippen LogP contribution < -0.4 is 10.0 Å². The molecule has 1 heterocycles. The largest absolute Gasteiger partial charge is 0.394 e. The van der Waals surface area contributed by atoms with Gasteiger partial charge in [0.1, 0.15) is 6.10 Å². The lowest BCUT2D eigenvalue weighted by molar-refractivity contribution is -0.125. The van der Waals surface area contributed by atoms with Crippen LogP contribution in [0, 0.1) is 5.92 Å². The van der Waals surface area contributed by atoms with Gasteiger partial charge in [-0.1, -0.05) is 31.4 Å². The zero-order valence-corrected chi connectivity index (χ0v) is 15.6. The van der Waals surface area contributed by atoms with Crippen molar-refractivity contribution in [1.29, 1.82) is 0 Å². The summed E-state index contributed by atoms with van der Waals surface area (Å²) in [6, 6.07) is -0.614. The monoisotopic (exact) mass is 374 g/mol. The number of rotatable bonds is 8. The summed E-state index contributed by atoms with van der Waals surface area (Å²) in [4.78, 5) is 12.1. The van der Waals surface area contributed by atoms with Crippen molar-refractivity contribution < 1.29 is 23.1 Å². The molecule has 25 heavy (non-hydrogen) atoms. The van der Waals surface area contributed by atoms with Gasteiger partial charge in [0, 0.05) is 6.54 Å². The molecule has 0 aromatic heterocycles. The number of nitrogens with one attached hydrogen (secondary N) is 2. The van der Waals surface area contributed by atoms with Crippen LogP contribution in [0.15, 0.2) is 12.2 Å². The molecule has 0 aromatic carbocycles. The van der Waals surface area contributed by atoms with Crippen LogP contribution in [0.5, 0.6) is 0 Å². The molecule has 7 nitrogen and oxygen atoms in total. The van der Waals surface area contributed by atoms with Gasteiger partial charge in [0.05, 0.1) is 30.9 Å².